The zero-order chi connectivity index (χ0) is 10.7. The average Bonchev–Trinajstić information content (AvgIpc) is 2.10. The number of carbonyl (C=O) groups excluding carboxylic acids is 2. The van der Waals surface area contributed by atoms with Crippen molar-refractivity contribution in [3.8, 4) is 0 Å². The van der Waals surface area contributed by atoms with E-state index in [0.717, 1.165) is 0 Å². The Morgan fingerprint density at radius 3 is 2.36 bits per heavy atom. The molecule has 0 aliphatic carbocycles. The van der Waals surface area contributed by atoms with E-state index in [0.29, 0.717) is 10.0 Å². The Bertz CT molecular complexity index is 340. The van der Waals surface area contributed by atoms with Crippen LogP contribution in [0.5, 0.6) is 0 Å². The second-order valence-corrected chi connectivity index (χ2v) is 3.76. The molecule has 0 spiro atoms. The van der Waals surface area contributed by atoms with Crippen molar-refractivity contribution in [2.45, 2.75) is 0 Å². The van der Waals surface area contributed by atoms with E-state index in [1.165, 1.54) is 6.08 Å². The second-order valence-electron chi connectivity index (χ2n) is 2.59. The molecule has 0 saturated carbocycles. The van der Waals surface area contributed by atoms with Crippen LogP contribution in [0.2, 0.25) is 0 Å². The highest BCUT2D eigenvalue weighted by atomic mass is 127. The highest BCUT2D eigenvalue weighted by molar-refractivity contribution is 14.1. The van der Waals surface area contributed by atoms with Gasteiger partial charge in [0.25, 0.3) is 11.8 Å². The van der Waals surface area contributed by atoms with Gasteiger partial charge in [-0.25, -0.2) is 0 Å². The number of thiocarbonyl (C=S) groups is 1. The molecule has 1 saturated heterocycles. The molecule has 1 fully saturated rings. The van der Waals surface area contributed by atoms with Crippen molar-refractivity contribution in [2.24, 2.45) is 0 Å². The molecule has 0 aromatic rings. The molecular formula is C8H7IN2O2S. The summed E-state index contributed by atoms with van der Waals surface area (Å²) in [4.78, 5) is 22.6. The summed E-state index contributed by atoms with van der Waals surface area (Å²) >= 11 is 6.73. The summed E-state index contributed by atoms with van der Waals surface area (Å²) in [6, 6.07) is 0. The monoisotopic (exact) mass is 322 g/mol. The molecule has 0 radical (unpaired) electrons. The van der Waals surface area contributed by atoms with E-state index in [1.807, 2.05) is 0 Å². The van der Waals surface area contributed by atoms with Gasteiger partial charge in [-0.2, -0.15) is 0 Å². The Hall–Kier alpha value is -0.760. The number of hydrogen-bond acceptors (Lipinski definition) is 3. The smallest absolute Gasteiger partial charge is 0.263 e. The molecule has 1 rings (SSSR count). The van der Waals surface area contributed by atoms with Gasteiger partial charge in [0.05, 0.1) is 0 Å². The fraction of sp³-hybridized carbons (Fsp3) is 0.125. The number of hydrogen-bond donors (Lipinski definition) is 2. The van der Waals surface area contributed by atoms with E-state index in [4.69, 9.17) is 0 Å². The van der Waals surface area contributed by atoms with Gasteiger partial charge in [0.1, 0.15) is 5.57 Å². The molecule has 2 amide bonds. The van der Waals surface area contributed by atoms with Crippen LogP contribution in [0.25, 0.3) is 0 Å². The fourth-order valence-corrected chi connectivity index (χ4v) is 1.25. The molecule has 0 aromatic carbocycles. The average molecular weight is 322 g/mol. The molecule has 4 nitrogen and oxygen atoms in total. The zero-order valence-corrected chi connectivity index (χ0v) is 10.1. The molecule has 6 heteroatoms. The molecule has 0 aromatic heterocycles. The number of amides is 2. The van der Waals surface area contributed by atoms with Crippen LogP contribution in [0.1, 0.15) is 0 Å². The first kappa shape index (κ1) is 11.3. The Kier molecular flexibility index (Phi) is 3.76. The van der Waals surface area contributed by atoms with Crippen molar-refractivity contribution in [1.29, 1.82) is 0 Å². The Labute approximate surface area is 100.0 Å². The zero-order valence-electron chi connectivity index (χ0n) is 7.09. The summed E-state index contributed by atoms with van der Waals surface area (Å²) in [5, 5.41) is 4.71. The molecular weight excluding hydrogens is 315 g/mol. The number of allylic oxidation sites excluding steroid dienone is 2. The molecule has 1 heterocycles. The maximum Gasteiger partial charge on any atom is 0.263 e. The highest BCUT2D eigenvalue weighted by Crippen LogP contribution is 2.07. The van der Waals surface area contributed by atoms with Crippen molar-refractivity contribution in [1.82, 2.24) is 10.6 Å². The first-order valence-corrected chi connectivity index (χ1v) is 5.60. The van der Waals surface area contributed by atoms with Crippen LogP contribution in [-0.4, -0.2) is 21.4 Å². The van der Waals surface area contributed by atoms with Gasteiger partial charge < -0.3 is 0 Å². The third-order valence-corrected chi connectivity index (χ3v) is 2.65. The van der Waals surface area contributed by atoms with E-state index in [-0.39, 0.29) is 10.7 Å². The SMILES string of the molecule is C=C(C=C1C(=O)NC(=S)NC1=O)CI. The Morgan fingerprint density at radius 2 is 1.93 bits per heavy atom. The normalized spacial score (nSPS) is 16.1. The van der Waals surface area contributed by atoms with E-state index in [2.05, 4.69) is 52.0 Å². The first-order valence-electron chi connectivity index (χ1n) is 3.66. The lowest BCUT2D eigenvalue weighted by molar-refractivity contribution is -0.123. The molecule has 2 N–H and O–H groups in total. The third-order valence-electron chi connectivity index (χ3n) is 1.46. The number of rotatable bonds is 2. The van der Waals surface area contributed by atoms with Gasteiger partial charge in [0, 0.05) is 4.43 Å². The van der Waals surface area contributed by atoms with Gasteiger partial charge in [-0.05, 0) is 23.9 Å². The molecule has 74 valence electrons. The predicted molar refractivity (Wildman–Crippen MR) is 65.0 cm³/mol. The van der Waals surface area contributed by atoms with Gasteiger partial charge in [-0.3, -0.25) is 20.2 Å². The lowest BCUT2D eigenvalue weighted by Crippen LogP contribution is -2.51. The summed E-state index contributed by atoms with van der Waals surface area (Å²) in [6.45, 7) is 3.68. The van der Waals surface area contributed by atoms with Crippen LogP contribution in [0, 0.1) is 0 Å². The minimum Gasteiger partial charge on any atom is -0.299 e. The Morgan fingerprint density at radius 1 is 1.43 bits per heavy atom. The maximum absolute atomic E-state index is 11.3. The van der Waals surface area contributed by atoms with Gasteiger partial charge >= 0.3 is 0 Å². The van der Waals surface area contributed by atoms with E-state index >= 15 is 0 Å². The van der Waals surface area contributed by atoms with Gasteiger partial charge in [-0.15, -0.1) is 0 Å². The van der Waals surface area contributed by atoms with Crippen LogP contribution in [0.4, 0.5) is 0 Å². The van der Waals surface area contributed by atoms with E-state index in [1.54, 1.807) is 0 Å². The molecule has 1 aliphatic heterocycles. The number of halogens is 1. The summed E-state index contributed by atoms with van der Waals surface area (Å²) < 4.78 is 0.659. The lowest BCUT2D eigenvalue weighted by Gasteiger charge is -2.16. The number of alkyl halides is 1. The quantitative estimate of drug-likeness (QED) is 0.255. The fourth-order valence-electron chi connectivity index (χ4n) is 0.849. The summed E-state index contributed by atoms with van der Waals surface area (Å²) in [5.74, 6) is -0.963. The molecule has 1 aliphatic rings. The molecule has 0 atom stereocenters. The Balaban J connectivity index is 2.93. The standard InChI is InChI=1S/C8H7IN2O2S/c1-4(3-9)2-5-6(12)10-8(14)11-7(5)13/h2H,1,3H2,(H2,10,11,12,13,14). The molecule has 0 bridgehead atoms. The van der Waals surface area contributed by atoms with Crippen molar-refractivity contribution in [2.75, 3.05) is 4.43 Å². The van der Waals surface area contributed by atoms with Crippen molar-refractivity contribution in [3.05, 3.63) is 23.8 Å². The number of carbonyl (C=O) groups is 2. The molecule has 14 heavy (non-hydrogen) atoms. The van der Waals surface area contributed by atoms with Crippen LogP contribution in [0.3, 0.4) is 0 Å². The predicted octanol–water partition coefficient (Wildman–Crippen LogP) is 0.435. The maximum atomic E-state index is 11.3. The number of nitrogens with one attached hydrogen (secondary N) is 2. The highest BCUT2D eigenvalue weighted by Gasteiger charge is 2.25. The topological polar surface area (TPSA) is 58.2 Å². The second kappa shape index (κ2) is 4.65. The van der Waals surface area contributed by atoms with Crippen molar-refractivity contribution < 1.29 is 9.59 Å². The van der Waals surface area contributed by atoms with Gasteiger partial charge in [0.2, 0.25) is 0 Å². The molecule has 0 unspecified atom stereocenters. The van der Waals surface area contributed by atoms with Crippen LogP contribution < -0.4 is 10.6 Å². The van der Waals surface area contributed by atoms with Crippen LogP contribution in [-0.2, 0) is 9.59 Å². The van der Waals surface area contributed by atoms with Gasteiger partial charge in [0.15, 0.2) is 5.11 Å². The largest absolute Gasteiger partial charge is 0.299 e. The third kappa shape index (κ3) is 2.61. The minimum absolute atomic E-state index is 0.0391. The first-order chi connectivity index (χ1) is 6.54. The van der Waals surface area contributed by atoms with Crippen molar-refractivity contribution >= 4 is 51.7 Å². The van der Waals surface area contributed by atoms with Crippen LogP contribution >= 0.6 is 34.8 Å². The summed E-state index contributed by atoms with van der Waals surface area (Å²) in [6.07, 6.45) is 1.46. The van der Waals surface area contributed by atoms with Crippen LogP contribution in [0.15, 0.2) is 23.8 Å². The van der Waals surface area contributed by atoms with E-state index < -0.39 is 11.8 Å². The van der Waals surface area contributed by atoms with E-state index in [9.17, 15) is 9.59 Å². The van der Waals surface area contributed by atoms with Crippen molar-refractivity contribution in [3.63, 3.8) is 0 Å². The summed E-state index contributed by atoms with van der Waals surface area (Å²) in [7, 11) is 0. The van der Waals surface area contributed by atoms with Gasteiger partial charge in [-0.1, -0.05) is 29.2 Å². The summed E-state index contributed by atoms with van der Waals surface area (Å²) in [5.41, 5.74) is 0.749. The lowest BCUT2D eigenvalue weighted by atomic mass is 10.1. The minimum atomic E-state index is -0.482.